The molecule has 152 valence electrons. The molecule has 7 nitrogen and oxygen atoms in total. The second-order valence-corrected chi connectivity index (χ2v) is 10.1. The molecule has 2 N–H and O–H groups in total. The van der Waals surface area contributed by atoms with E-state index < -0.39 is 0 Å². The minimum atomic E-state index is -0.114. The Labute approximate surface area is 169 Å². The number of hydrogen-bond donors (Lipinski definition) is 2. The minimum Gasteiger partial charge on any atom is -0.370 e. The van der Waals surface area contributed by atoms with Gasteiger partial charge in [-0.05, 0) is 39.5 Å². The van der Waals surface area contributed by atoms with Crippen LogP contribution in [0.25, 0.3) is 0 Å². The molecular weight excluding hydrogens is 376 g/mol. The molecule has 1 aliphatic carbocycles. The maximum absolute atomic E-state index is 12.6. The van der Waals surface area contributed by atoms with E-state index in [0.29, 0.717) is 35.8 Å². The molecule has 0 unspecified atom stereocenters. The Bertz CT molecular complexity index is 807. The topological polar surface area (TPSA) is 83.6 Å². The first-order valence-electron chi connectivity index (χ1n) is 10.4. The summed E-state index contributed by atoms with van der Waals surface area (Å²) in [7, 11) is 0. The van der Waals surface area contributed by atoms with Crippen LogP contribution in [0, 0.1) is 25.7 Å². The van der Waals surface area contributed by atoms with Crippen molar-refractivity contribution in [1.82, 2.24) is 20.5 Å². The van der Waals surface area contributed by atoms with Gasteiger partial charge in [-0.1, -0.05) is 0 Å². The van der Waals surface area contributed by atoms with Crippen molar-refractivity contribution in [2.45, 2.75) is 57.3 Å². The predicted molar refractivity (Wildman–Crippen MR) is 105 cm³/mol. The number of carbonyl (C=O) groups excluding carboxylic acids is 2. The van der Waals surface area contributed by atoms with E-state index in [1.54, 1.807) is 0 Å². The quantitative estimate of drug-likeness (QED) is 0.746. The van der Waals surface area contributed by atoms with E-state index in [4.69, 9.17) is 4.74 Å². The number of ether oxygens (including phenoxy) is 1. The Morgan fingerprint density at radius 3 is 2.86 bits per heavy atom. The number of thiazole rings is 1. The number of hydrogen-bond acceptors (Lipinski definition) is 6. The van der Waals surface area contributed by atoms with Gasteiger partial charge in [0.1, 0.15) is 4.88 Å². The first kappa shape index (κ1) is 18.5. The summed E-state index contributed by atoms with van der Waals surface area (Å²) in [5.74, 6) is 0.820. The van der Waals surface area contributed by atoms with Crippen LogP contribution in [0.15, 0.2) is 0 Å². The number of carbonyl (C=O) groups is 2. The summed E-state index contributed by atoms with van der Waals surface area (Å²) in [5, 5.41) is 7.13. The molecule has 4 atom stereocenters. The first-order valence-corrected chi connectivity index (χ1v) is 11.2. The van der Waals surface area contributed by atoms with Crippen LogP contribution >= 0.6 is 11.3 Å². The molecule has 2 bridgehead atoms. The van der Waals surface area contributed by atoms with E-state index in [1.807, 2.05) is 13.8 Å². The van der Waals surface area contributed by atoms with Crippen molar-refractivity contribution in [3.05, 3.63) is 15.6 Å². The van der Waals surface area contributed by atoms with Gasteiger partial charge in [0.25, 0.3) is 5.91 Å². The Morgan fingerprint density at radius 1 is 1.32 bits per heavy atom. The van der Waals surface area contributed by atoms with Gasteiger partial charge in [0, 0.05) is 37.5 Å². The van der Waals surface area contributed by atoms with Gasteiger partial charge in [-0.15, -0.1) is 11.3 Å². The van der Waals surface area contributed by atoms with Gasteiger partial charge < -0.3 is 15.4 Å². The smallest absolute Gasteiger partial charge is 0.263 e. The molecule has 3 aliphatic heterocycles. The highest BCUT2D eigenvalue weighted by atomic mass is 32.1. The fourth-order valence-corrected chi connectivity index (χ4v) is 6.25. The standard InChI is InChI=1S/C20H28N4O3S/c1-11-18(28-12(2)22-11)19(26)21-7-14-15-8-24(9-17(25)23-13-3-4-13)10-20(15)6-5-16(14)27-20/h13-16H,3-10H2,1-2H3,(H,21,26)(H,23,25)/t14-,15+,16+,20+/m0/s1. The summed E-state index contributed by atoms with van der Waals surface area (Å²) >= 11 is 1.45. The SMILES string of the molecule is Cc1nc(C)c(C(=O)NC[C@H]2[C@H]3CN(CC(=O)NC4CC4)C[C@]34CC[C@H]2O4)s1. The highest BCUT2D eigenvalue weighted by Gasteiger charge is 2.62. The van der Waals surface area contributed by atoms with Crippen molar-refractivity contribution in [2.24, 2.45) is 11.8 Å². The van der Waals surface area contributed by atoms with Gasteiger partial charge in [-0.3, -0.25) is 14.5 Å². The molecule has 1 spiro atoms. The van der Waals surface area contributed by atoms with Crippen LogP contribution in [0.3, 0.4) is 0 Å². The Morgan fingerprint density at radius 2 is 2.14 bits per heavy atom. The van der Waals surface area contributed by atoms with Crippen LogP contribution in [-0.2, 0) is 9.53 Å². The Balaban J connectivity index is 1.21. The zero-order valence-electron chi connectivity index (χ0n) is 16.5. The lowest BCUT2D eigenvalue weighted by Gasteiger charge is -2.29. The minimum absolute atomic E-state index is 0.0291. The molecule has 4 fully saturated rings. The molecule has 1 aromatic heterocycles. The van der Waals surface area contributed by atoms with Gasteiger partial charge >= 0.3 is 0 Å². The van der Waals surface area contributed by atoms with E-state index in [9.17, 15) is 9.59 Å². The molecule has 0 aromatic carbocycles. The fourth-order valence-electron chi connectivity index (χ4n) is 5.42. The Kier molecular flexibility index (Phi) is 4.48. The van der Waals surface area contributed by atoms with Gasteiger partial charge in [-0.2, -0.15) is 0 Å². The van der Waals surface area contributed by atoms with Crippen LogP contribution in [0.2, 0.25) is 0 Å². The van der Waals surface area contributed by atoms with Crippen LogP contribution in [0.5, 0.6) is 0 Å². The monoisotopic (exact) mass is 404 g/mol. The highest BCUT2D eigenvalue weighted by molar-refractivity contribution is 7.13. The number of aryl methyl sites for hydroxylation is 2. The van der Waals surface area contributed by atoms with E-state index in [-0.39, 0.29) is 23.5 Å². The summed E-state index contributed by atoms with van der Waals surface area (Å²) in [6.45, 7) is 6.62. The highest BCUT2D eigenvalue weighted by Crippen LogP contribution is 2.54. The van der Waals surface area contributed by atoms with Crippen LogP contribution in [0.1, 0.15) is 46.1 Å². The lowest BCUT2D eigenvalue weighted by atomic mass is 9.73. The second kappa shape index (κ2) is 6.78. The normalized spacial score (nSPS) is 33.9. The summed E-state index contributed by atoms with van der Waals surface area (Å²) in [5.41, 5.74) is 0.686. The Hall–Kier alpha value is -1.51. The van der Waals surface area contributed by atoms with Crippen molar-refractivity contribution in [1.29, 1.82) is 0 Å². The predicted octanol–water partition coefficient (Wildman–Crippen LogP) is 1.25. The zero-order valence-corrected chi connectivity index (χ0v) is 17.3. The third kappa shape index (κ3) is 3.25. The molecule has 28 heavy (non-hydrogen) atoms. The maximum Gasteiger partial charge on any atom is 0.263 e. The van der Waals surface area contributed by atoms with Gasteiger partial charge in [0.05, 0.1) is 29.0 Å². The number of nitrogens with one attached hydrogen (secondary N) is 2. The van der Waals surface area contributed by atoms with Crippen LogP contribution in [-0.4, -0.2) is 65.6 Å². The average molecular weight is 405 g/mol. The maximum atomic E-state index is 12.6. The van der Waals surface area contributed by atoms with Gasteiger partial charge in [0.2, 0.25) is 5.91 Å². The van der Waals surface area contributed by atoms with E-state index in [0.717, 1.165) is 49.5 Å². The lowest BCUT2D eigenvalue weighted by molar-refractivity contribution is -0.122. The third-order valence-electron chi connectivity index (χ3n) is 6.77. The van der Waals surface area contributed by atoms with Gasteiger partial charge in [0.15, 0.2) is 0 Å². The number of rotatable bonds is 6. The summed E-state index contributed by atoms with van der Waals surface area (Å²) in [4.78, 5) is 32.1. The number of aromatic nitrogens is 1. The largest absolute Gasteiger partial charge is 0.370 e. The zero-order chi connectivity index (χ0) is 19.5. The third-order valence-corrected chi connectivity index (χ3v) is 7.84. The average Bonchev–Trinajstić information content (AvgIpc) is 2.98. The van der Waals surface area contributed by atoms with E-state index >= 15 is 0 Å². The number of amides is 2. The van der Waals surface area contributed by atoms with Crippen LogP contribution in [0.4, 0.5) is 0 Å². The molecule has 8 heteroatoms. The molecule has 1 saturated carbocycles. The van der Waals surface area contributed by atoms with Gasteiger partial charge in [-0.25, -0.2) is 4.98 Å². The molecular formula is C20H28N4O3S. The molecule has 2 amide bonds. The number of nitrogens with zero attached hydrogens (tertiary/aromatic N) is 2. The van der Waals surface area contributed by atoms with Crippen molar-refractivity contribution in [3.63, 3.8) is 0 Å². The second-order valence-electron chi connectivity index (χ2n) is 8.90. The molecule has 5 rings (SSSR count). The number of fused-ring (bicyclic) bond motifs is 1. The molecule has 3 saturated heterocycles. The van der Waals surface area contributed by atoms with Crippen molar-refractivity contribution >= 4 is 23.2 Å². The first-order chi connectivity index (χ1) is 13.4. The summed E-state index contributed by atoms with van der Waals surface area (Å²) in [6.07, 6.45) is 4.59. The molecule has 4 heterocycles. The fraction of sp³-hybridized carbons (Fsp3) is 0.750. The molecule has 4 aliphatic rings. The lowest BCUT2D eigenvalue weighted by Crippen LogP contribution is -2.41. The number of likely N-dealkylation sites (tertiary alicyclic amines) is 1. The van der Waals surface area contributed by atoms with Crippen molar-refractivity contribution in [2.75, 3.05) is 26.2 Å². The summed E-state index contributed by atoms with van der Waals surface area (Å²) < 4.78 is 6.43. The van der Waals surface area contributed by atoms with E-state index in [2.05, 4.69) is 20.5 Å². The van der Waals surface area contributed by atoms with Crippen LogP contribution < -0.4 is 10.6 Å². The molecule has 1 aromatic rings. The molecule has 0 radical (unpaired) electrons. The van der Waals surface area contributed by atoms with Crippen molar-refractivity contribution < 1.29 is 14.3 Å². The summed E-state index contributed by atoms with van der Waals surface area (Å²) in [6, 6.07) is 0.404. The van der Waals surface area contributed by atoms with Crippen molar-refractivity contribution in [3.8, 4) is 0 Å². The van der Waals surface area contributed by atoms with E-state index in [1.165, 1.54) is 11.3 Å².